The van der Waals surface area contributed by atoms with E-state index in [4.69, 9.17) is 12.0 Å². The van der Waals surface area contributed by atoms with Crippen molar-refractivity contribution in [1.82, 2.24) is 0 Å². The van der Waals surface area contributed by atoms with Crippen molar-refractivity contribution >= 4 is 5.69 Å². The number of nitrogens with zero attached hydrogens (tertiary/aromatic N) is 1. The molecule has 0 bridgehead atoms. The summed E-state index contributed by atoms with van der Waals surface area (Å²) >= 11 is 0. The third kappa shape index (κ3) is 1.46. The predicted octanol–water partition coefficient (Wildman–Crippen LogP) is 1.36. The van der Waals surface area contributed by atoms with Crippen molar-refractivity contribution in [3.63, 3.8) is 0 Å². The van der Waals surface area contributed by atoms with Crippen molar-refractivity contribution < 1.29 is 10.0 Å². The predicted molar refractivity (Wildman–Crippen MR) is 38.2 cm³/mol. The van der Waals surface area contributed by atoms with Gasteiger partial charge in [0.25, 0.3) is 5.69 Å². The van der Waals surface area contributed by atoms with Crippen molar-refractivity contribution in [2.24, 2.45) is 0 Å². The maximum absolute atomic E-state index is 10.2. The molecular formula is C7H5NO3. The number of benzene rings is 1. The Bertz CT molecular complexity index is 296. The minimum atomic E-state index is -0.602. The van der Waals surface area contributed by atoms with Gasteiger partial charge in [0.15, 0.2) is 0 Å². The number of phenolic OH excluding ortho intramolecular Hbond substituents is 1. The number of nitro groups is 1. The van der Waals surface area contributed by atoms with Crippen molar-refractivity contribution in [2.45, 2.75) is 0 Å². The number of aromatic hydroxyl groups is 1. The molecule has 0 fully saturated rings. The maximum atomic E-state index is 10.2. The molecular weight excluding hydrogens is 146 g/mol. The Labute approximate surface area is 63.2 Å². The molecule has 1 aromatic carbocycles. The quantitative estimate of drug-likeness (QED) is 0.486. The zero-order valence-electron chi connectivity index (χ0n) is 5.52. The summed E-state index contributed by atoms with van der Waals surface area (Å²) in [4.78, 5) is 9.57. The molecule has 1 rings (SSSR count). The second-order valence-corrected chi connectivity index (χ2v) is 2.00. The van der Waals surface area contributed by atoms with E-state index < -0.39 is 4.92 Å². The highest BCUT2D eigenvalue weighted by Crippen LogP contribution is 2.21. The third-order valence-electron chi connectivity index (χ3n) is 1.21. The van der Waals surface area contributed by atoms with Gasteiger partial charge in [0.1, 0.15) is 5.75 Å². The largest absolute Gasteiger partial charge is 0.508 e. The van der Waals surface area contributed by atoms with Gasteiger partial charge >= 0.3 is 0 Å². The molecule has 4 nitrogen and oxygen atoms in total. The Hall–Kier alpha value is -1.58. The first-order chi connectivity index (χ1) is 5.11. The fourth-order valence-corrected chi connectivity index (χ4v) is 0.708. The van der Waals surface area contributed by atoms with Crippen LogP contribution in [-0.2, 0) is 0 Å². The van der Waals surface area contributed by atoms with Gasteiger partial charge in [0, 0.05) is 18.6 Å². The van der Waals surface area contributed by atoms with E-state index in [2.05, 4.69) is 0 Å². The smallest absolute Gasteiger partial charge is 0.273 e. The average molecular weight is 151 g/mol. The number of hydrogen-bond acceptors (Lipinski definition) is 3. The van der Waals surface area contributed by atoms with Crippen LogP contribution in [0, 0.1) is 17.0 Å². The Morgan fingerprint density at radius 1 is 1.55 bits per heavy atom. The van der Waals surface area contributed by atoms with Crippen LogP contribution in [0.25, 0.3) is 0 Å². The topological polar surface area (TPSA) is 63.4 Å². The molecule has 0 saturated carbocycles. The summed E-state index contributed by atoms with van der Waals surface area (Å²) in [7, 11) is 0. The van der Waals surface area contributed by atoms with E-state index >= 15 is 0 Å². The number of phenols is 1. The maximum Gasteiger partial charge on any atom is 0.273 e. The molecule has 0 aromatic heterocycles. The lowest BCUT2D eigenvalue weighted by molar-refractivity contribution is -0.385. The third-order valence-corrected chi connectivity index (χ3v) is 1.21. The zero-order chi connectivity index (χ0) is 8.43. The van der Waals surface area contributed by atoms with Crippen LogP contribution in [0.5, 0.6) is 5.75 Å². The lowest BCUT2D eigenvalue weighted by Crippen LogP contribution is -1.90. The average Bonchev–Trinajstić information content (AvgIpc) is 1.85. The van der Waals surface area contributed by atoms with Gasteiger partial charge in [-0.05, 0) is 12.1 Å². The summed E-state index contributed by atoms with van der Waals surface area (Å²) in [5.74, 6) is -0.0758. The van der Waals surface area contributed by atoms with Crippen LogP contribution in [0.1, 0.15) is 5.56 Å². The van der Waals surface area contributed by atoms with Gasteiger partial charge in [0.2, 0.25) is 0 Å². The van der Waals surface area contributed by atoms with Gasteiger partial charge in [-0.3, -0.25) is 10.1 Å². The Balaban J connectivity index is 3.20. The molecule has 1 aromatic rings. The highest BCUT2D eigenvalue weighted by molar-refractivity contribution is 5.46. The minimum Gasteiger partial charge on any atom is -0.508 e. The van der Waals surface area contributed by atoms with Crippen molar-refractivity contribution in [2.75, 3.05) is 0 Å². The SMILES string of the molecule is [CH]c1cc(O)ccc1[N+](=O)[O-]. The second-order valence-electron chi connectivity index (χ2n) is 2.00. The molecule has 0 spiro atoms. The van der Waals surface area contributed by atoms with Crippen LogP contribution in [0.15, 0.2) is 18.2 Å². The molecule has 56 valence electrons. The van der Waals surface area contributed by atoms with Crippen LogP contribution in [0.4, 0.5) is 5.69 Å². The molecule has 0 amide bonds. The normalized spacial score (nSPS) is 9.55. The van der Waals surface area contributed by atoms with Crippen LogP contribution in [-0.4, -0.2) is 10.0 Å². The summed E-state index contributed by atoms with van der Waals surface area (Å²) in [5, 5.41) is 19.0. The van der Waals surface area contributed by atoms with Gasteiger partial charge in [0.05, 0.1) is 4.92 Å². The lowest BCUT2D eigenvalue weighted by Gasteiger charge is -1.95. The first kappa shape index (κ1) is 7.53. The molecule has 4 heteroatoms. The highest BCUT2D eigenvalue weighted by Gasteiger charge is 2.09. The van der Waals surface area contributed by atoms with E-state index in [0.29, 0.717) is 0 Å². The number of hydrogen-bond donors (Lipinski definition) is 1. The van der Waals surface area contributed by atoms with E-state index in [9.17, 15) is 10.1 Å². The molecule has 2 radical (unpaired) electrons. The molecule has 0 unspecified atom stereocenters. The van der Waals surface area contributed by atoms with Gasteiger partial charge in [-0.15, -0.1) is 0 Å². The molecule has 0 heterocycles. The fourth-order valence-electron chi connectivity index (χ4n) is 0.708. The Morgan fingerprint density at radius 2 is 2.18 bits per heavy atom. The molecule has 1 N–H and O–H groups in total. The van der Waals surface area contributed by atoms with Crippen LogP contribution >= 0.6 is 0 Å². The summed E-state index contributed by atoms with van der Waals surface area (Å²) in [6, 6.07) is 3.51. The minimum absolute atomic E-state index is 0.0324. The van der Waals surface area contributed by atoms with Gasteiger partial charge < -0.3 is 5.11 Å². The van der Waals surface area contributed by atoms with Crippen LogP contribution in [0.2, 0.25) is 0 Å². The molecule has 0 aliphatic carbocycles. The first-order valence-corrected chi connectivity index (χ1v) is 2.84. The van der Waals surface area contributed by atoms with Gasteiger partial charge in [-0.1, -0.05) is 0 Å². The summed E-state index contributed by atoms with van der Waals surface area (Å²) < 4.78 is 0. The van der Waals surface area contributed by atoms with E-state index in [0.717, 1.165) is 12.1 Å². The molecule has 0 aliphatic rings. The van der Waals surface area contributed by atoms with Crippen molar-refractivity contribution in [3.05, 3.63) is 40.8 Å². The van der Waals surface area contributed by atoms with Gasteiger partial charge in [-0.2, -0.15) is 0 Å². The van der Waals surface area contributed by atoms with Gasteiger partial charge in [-0.25, -0.2) is 0 Å². The second kappa shape index (κ2) is 2.57. The number of rotatable bonds is 1. The molecule has 0 atom stereocenters. The Morgan fingerprint density at radius 3 is 2.64 bits per heavy atom. The van der Waals surface area contributed by atoms with E-state index in [-0.39, 0.29) is 17.0 Å². The highest BCUT2D eigenvalue weighted by atomic mass is 16.6. The monoisotopic (exact) mass is 151 g/mol. The number of nitro benzene ring substituents is 1. The van der Waals surface area contributed by atoms with E-state index in [1.54, 1.807) is 0 Å². The molecule has 0 saturated heterocycles. The van der Waals surface area contributed by atoms with Crippen LogP contribution < -0.4 is 0 Å². The van der Waals surface area contributed by atoms with E-state index in [1.165, 1.54) is 6.07 Å². The fraction of sp³-hybridized carbons (Fsp3) is 0. The van der Waals surface area contributed by atoms with Crippen molar-refractivity contribution in [1.29, 1.82) is 0 Å². The lowest BCUT2D eigenvalue weighted by atomic mass is 10.2. The molecule has 0 aliphatic heterocycles. The zero-order valence-corrected chi connectivity index (χ0v) is 5.52. The van der Waals surface area contributed by atoms with Crippen molar-refractivity contribution in [3.8, 4) is 5.75 Å². The first-order valence-electron chi connectivity index (χ1n) is 2.84. The van der Waals surface area contributed by atoms with E-state index in [1.807, 2.05) is 0 Å². The van der Waals surface area contributed by atoms with Crippen LogP contribution in [0.3, 0.4) is 0 Å². The summed E-state index contributed by atoms with van der Waals surface area (Å²) in [5.41, 5.74) is -0.224. The molecule has 11 heavy (non-hydrogen) atoms. The standard InChI is InChI=1S/C7H5NO3/c1-5-4-6(9)2-3-7(5)8(10)11/h1-4,9H. The summed E-state index contributed by atoms with van der Waals surface area (Å²) in [6.07, 6.45) is 0. The Kier molecular flexibility index (Phi) is 1.76. The summed E-state index contributed by atoms with van der Waals surface area (Å²) in [6.45, 7) is 5.22.